The molecule has 4 rings (SSSR count). The van der Waals surface area contributed by atoms with Crippen LogP contribution in [0.4, 0.5) is 13.2 Å². The van der Waals surface area contributed by atoms with E-state index in [1.165, 1.54) is 35.4 Å². The molecule has 0 aromatic heterocycles. The summed E-state index contributed by atoms with van der Waals surface area (Å²) in [4.78, 5) is 13.1. The van der Waals surface area contributed by atoms with Crippen LogP contribution in [0.1, 0.15) is 47.9 Å². The SMILES string of the molecule is O=C(O)CCCN1Cc2ccc(C#Cc3ccc(OC(F)(F)F)cc3)cc2C2(CC2)C1. The molecule has 1 fully saturated rings. The smallest absolute Gasteiger partial charge is 0.481 e. The number of rotatable bonds is 5. The highest BCUT2D eigenvalue weighted by atomic mass is 19.4. The largest absolute Gasteiger partial charge is 0.573 e. The first-order valence-electron chi connectivity index (χ1n) is 10.2. The summed E-state index contributed by atoms with van der Waals surface area (Å²) >= 11 is 0. The van der Waals surface area contributed by atoms with Crippen LogP contribution in [0.5, 0.6) is 5.75 Å². The number of hydrogen-bond acceptors (Lipinski definition) is 3. The summed E-state index contributed by atoms with van der Waals surface area (Å²) in [5.41, 5.74) is 4.21. The first kappa shape index (κ1) is 21.3. The molecule has 7 heteroatoms. The lowest BCUT2D eigenvalue weighted by Crippen LogP contribution is -2.38. The van der Waals surface area contributed by atoms with Crippen molar-refractivity contribution in [3.8, 4) is 17.6 Å². The van der Waals surface area contributed by atoms with Crippen LogP contribution in [0.15, 0.2) is 42.5 Å². The Morgan fingerprint density at radius 3 is 2.42 bits per heavy atom. The van der Waals surface area contributed by atoms with Crippen LogP contribution in [-0.2, 0) is 16.8 Å². The van der Waals surface area contributed by atoms with Crippen molar-refractivity contribution >= 4 is 5.97 Å². The quantitative estimate of drug-likeness (QED) is 0.701. The van der Waals surface area contributed by atoms with E-state index in [1.54, 1.807) is 0 Å². The van der Waals surface area contributed by atoms with Gasteiger partial charge in [0.15, 0.2) is 0 Å². The van der Waals surface area contributed by atoms with E-state index in [1.807, 2.05) is 6.07 Å². The molecule has 2 aromatic rings. The average Bonchev–Trinajstić information content (AvgIpc) is 3.46. The van der Waals surface area contributed by atoms with E-state index in [4.69, 9.17) is 5.11 Å². The fourth-order valence-corrected chi connectivity index (χ4v) is 4.17. The van der Waals surface area contributed by atoms with Gasteiger partial charge in [-0.15, -0.1) is 13.2 Å². The van der Waals surface area contributed by atoms with E-state index in [-0.39, 0.29) is 17.6 Å². The van der Waals surface area contributed by atoms with Gasteiger partial charge in [-0.25, -0.2) is 0 Å². The second-order valence-electron chi connectivity index (χ2n) is 8.18. The molecule has 1 saturated carbocycles. The summed E-state index contributed by atoms with van der Waals surface area (Å²) in [6.45, 7) is 2.53. The van der Waals surface area contributed by atoms with Crippen molar-refractivity contribution in [3.05, 3.63) is 64.7 Å². The molecule has 0 saturated heterocycles. The molecule has 0 radical (unpaired) electrons. The normalized spacial score (nSPS) is 16.9. The van der Waals surface area contributed by atoms with Crippen LogP contribution < -0.4 is 4.74 Å². The van der Waals surface area contributed by atoms with Gasteiger partial charge in [-0.1, -0.05) is 17.9 Å². The minimum Gasteiger partial charge on any atom is -0.481 e. The molecule has 4 nitrogen and oxygen atoms in total. The molecular weight excluding hydrogens is 407 g/mol. The first-order valence-corrected chi connectivity index (χ1v) is 10.2. The number of fused-ring (bicyclic) bond motifs is 2. The van der Waals surface area contributed by atoms with E-state index in [2.05, 4.69) is 33.6 Å². The highest BCUT2D eigenvalue weighted by Gasteiger charge is 2.48. The van der Waals surface area contributed by atoms with Crippen LogP contribution >= 0.6 is 0 Å². The second kappa shape index (κ2) is 8.27. The van der Waals surface area contributed by atoms with Crippen LogP contribution in [0.3, 0.4) is 0 Å². The number of benzene rings is 2. The number of carboxylic acid groups (broad SMARTS) is 1. The van der Waals surface area contributed by atoms with E-state index in [0.29, 0.717) is 12.0 Å². The molecule has 0 bridgehead atoms. The maximum Gasteiger partial charge on any atom is 0.573 e. The molecule has 162 valence electrons. The zero-order chi connectivity index (χ0) is 22.1. The molecule has 2 aliphatic rings. The predicted octanol–water partition coefficient (Wildman–Crippen LogP) is 4.70. The topological polar surface area (TPSA) is 49.8 Å². The zero-order valence-corrected chi connectivity index (χ0v) is 16.8. The van der Waals surface area contributed by atoms with Crippen molar-refractivity contribution in [3.63, 3.8) is 0 Å². The maximum atomic E-state index is 12.3. The van der Waals surface area contributed by atoms with Crippen LogP contribution in [0.2, 0.25) is 0 Å². The van der Waals surface area contributed by atoms with Gasteiger partial charge in [-0.2, -0.15) is 0 Å². The van der Waals surface area contributed by atoms with Crippen molar-refractivity contribution in [2.24, 2.45) is 0 Å². The van der Waals surface area contributed by atoms with Crippen LogP contribution in [0, 0.1) is 11.8 Å². The van der Waals surface area contributed by atoms with Gasteiger partial charge in [0.05, 0.1) is 0 Å². The minimum absolute atomic E-state index is 0.144. The van der Waals surface area contributed by atoms with Crippen molar-refractivity contribution in [1.82, 2.24) is 4.90 Å². The molecule has 1 N–H and O–H groups in total. The van der Waals surface area contributed by atoms with Crippen LogP contribution in [-0.4, -0.2) is 35.4 Å². The lowest BCUT2D eigenvalue weighted by Gasteiger charge is -2.35. The van der Waals surface area contributed by atoms with Crippen molar-refractivity contribution in [1.29, 1.82) is 0 Å². The summed E-state index contributed by atoms with van der Waals surface area (Å²) < 4.78 is 40.6. The van der Waals surface area contributed by atoms with E-state index >= 15 is 0 Å². The van der Waals surface area contributed by atoms with E-state index < -0.39 is 12.3 Å². The Balaban J connectivity index is 1.46. The Bertz CT molecular complexity index is 1030. The second-order valence-corrected chi connectivity index (χ2v) is 8.18. The fourth-order valence-electron chi connectivity index (χ4n) is 4.17. The fraction of sp³-hybridized carbons (Fsp3) is 0.375. The van der Waals surface area contributed by atoms with Gasteiger partial charge in [-0.05, 0) is 73.3 Å². The lowest BCUT2D eigenvalue weighted by molar-refractivity contribution is -0.274. The number of alkyl halides is 3. The number of carbonyl (C=O) groups is 1. The van der Waals surface area contributed by atoms with Gasteiger partial charge in [0.2, 0.25) is 0 Å². The van der Waals surface area contributed by atoms with Gasteiger partial charge in [0, 0.05) is 36.1 Å². The highest BCUT2D eigenvalue weighted by molar-refractivity contribution is 5.66. The van der Waals surface area contributed by atoms with Gasteiger partial charge < -0.3 is 9.84 Å². The number of aliphatic carboxylic acids is 1. The molecule has 1 aliphatic carbocycles. The molecule has 0 atom stereocenters. The predicted molar refractivity (Wildman–Crippen MR) is 109 cm³/mol. The maximum absolute atomic E-state index is 12.3. The van der Waals surface area contributed by atoms with E-state index in [0.717, 1.165) is 38.0 Å². The third kappa shape index (κ3) is 5.39. The Hall–Kier alpha value is -2.98. The molecule has 1 heterocycles. The Morgan fingerprint density at radius 2 is 1.77 bits per heavy atom. The molecule has 0 unspecified atom stereocenters. The third-order valence-electron chi connectivity index (χ3n) is 5.76. The number of carboxylic acids is 1. The number of nitrogens with zero attached hydrogens (tertiary/aromatic N) is 1. The average molecular weight is 429 g/mol. The standard InChI is InChI=1S/C24H22F3NO3/c25-24(26,27)31-20-9-6-17(7-10-20)3-4-18-5-8-19-15-28(13-1-2-22(29)30)16-23(11-12-23)21(19)14-18/h5-10,14H,1-2,11-13,15-16H2,(H,29,30). The van der Waals surface area contributed by atoms with Gasteiger partial charge in [-0.3, -0.25) is 9.69 Å². The molecule has 1 aliphatic heterocycles. The van der Waals surface area contributed by atoms with Gasteiger partial charge in [0.25, 0.3) is 0 Å². The summed E-state index contributed by atoms with van der Waals surface area (Å²) in [7, 11) is 0. The van der Waals surface area contributed by atoms with Gasteiger partial charge >= 0.3 is 12.3 Å². The Kier molecular flexibility index (Phi) is 5.67. The molecular formula is C24H22F3NO3. The number of halogens is 3. The summed E-state index contributed by atoms with van der Waals surface area (Å²) in [6, 6.07) is 11.7. The molecule has 1 spiro atoms. The zero-order valence-electron chi connectivity index (χ0n) is 16.8. The molecule has 0 amide bonds. The summed E-state index contributed by atoms with van der Waals surface area (Å²) in [5.74, 6) is 5.08. The van der Waals surface area contributed by atoms with Crippen molar-refractivity contribution in [2.75, 3.05) is 13.1 Å². The number of hydrogen-bond donors (Lipinski definition) is 1. The monoisotopic (exact) mass is 429 g/mol. The number of ether oxygens (including phenoxy) is 1. The Labute approximate surface area is 178 Å². The highest BCUT2D eigenvalue weighted by Crippen LogP contribution is 2.52. The molecule has 31 heavy (non-hydrogen) atoms. The van der Waals surface area contributed by atoms with Crippen LogP contribution in [0.25, 0.3) is 0 Å². The molecule has 2 aromatic carbocycles. The third-order valence-corrected chi connectivity index (χ3v) is 5.76. The Morgan fingerprint density at radius 1 is 1.10 bits per heavy atom. The van der Waals surface area contributed by atoms with E-state index in [9.17, 15) is 18.0 Å². The lowest BCUT2D eigenvalue weighted by atomic mass is 9.85. The minimum atomic E-state index is -4.71. The van der Waals surface area contributed by atoms with Crippen molar-refractivity contribution < 1.29 is 27.8 Å². The summed E-state index contributed by atoms with van der Waals surface area (Å²) in [5, 5.41) is 8.85. The first-order chi connectivity index (χ1) is 14.7. The summed E-state index contributed by atoms with van der Waals surface area (Å²) in [6.07, 6.45) is -1.63. The van der Waals surface area contributed by atoms with Crippen molar-refractivity contribution in [2.45, 2.75) is 44.0 Å². The van der Waals surface area contributed by atoms with Gasteiger partial charge in [0.1, 0.15) is 5.75 Å².